The van der Waals surface area contributed by atoms with Gasteiger partial charge < -0.3 is 5.32 Å². The van der Waals surface area contributed by atoms with Crippen LogP contribution in [-0.4, -0.2) is 16.9 Å². The minimum absolute atomic E-state index is 0.118. The lowest BCUT2D eigenvalue weighted by atomic mass is 9.62. The maximum Gasteiger partial charge on any atom is 0.223 e. The minimum atomic E-state index is -0.240. The van der Waals surface area contributed by atoms with E-state index in [9.17, 15) is 9.18 Å². The first-order valence-electron chi connectivity index (χ1n) is 10.1. The Morgan fingerprint density at radius 2 is 1.93 bits per heavy atom. The van der Waals surface area contributed by atoms with E-state index >= 15 is 0 Å². The van der Waals surface area contributed by atoms with Crippen molar-refractivity contribution in [3.8, 4) is 11.1 Å². The van der Waals surface area contributed by atoms with E-state index in [2.05, 4.69) is 43.2 Å². The highest BCUT2D eigenvalue weighted by Crippen LogP contribution is 2.47. The summed E-state index contributed by atoms with van der Waals surface area (Å²) in [6, 6.07) is 10.8. The average Bonchev–Trinajstić information content (AvgIpc) is 2.96. The van der Waals surface area contributed by atoms with Crippen LogP contribution in [0, 0.1) is 35.4 Å². The van der Waals surface area contributed by atoms with Crippen molar-refractivity contribution < 1.29 is 9.18 Å². The maximum atomic E-state index is 14.0. The zero-order chi connectivity index (χ0) is 19.8. The van der Waals surface area contributed by atoms with E-state index in [1.807, 2.05) is 18.2 Å². The smallest absolute Gasteiger partial charge is 0.223 e. The molecule has 1 N–H and O–H groups in total. The van der Waals surface area contributed by atoms with Gasteiger partial charge >= 0.3 is 0 Å². The number of amides is 1. The number of pyridine rings is 1. The number of carbonyl (C=O) groups is 1. The highest BCUT2D eigenvalue weighted by molar-refractivity contribution is 5.82. The molecule has 1 aromatic heterocycles. The van der Waals surface area contributed by atoms with Crippen LogP contribution in [0.3, 0.4) is 0 Å². The fourth-order valence-electron chi connectivity index (χ4n) is 5.03. The van der Waals surface area contributed by atoms with Crippen molar-refractivity contribution >= 4 is 12.0 Å². The molecule has 1 saturated heterocycles. The SMILES string of the molecule is C[C@H]1[C@H](/C=C/c2ccc(-c3ccccc3F)cn2)[C@H]2C(C[C@@H]1C)C(=O)N[C@@H]2C. The molecular weight excluding hydrogens is 351 g/mol. The zero-order valence-corrected chi connectivity index (χ0v) is 16.6. The van der Waals surface area contributed by atoms with E-state index in [0.717, 1.165) is 17.7 Å². The van der Waals surface area contributed by atoms with E-state index in [0.29, 0.717) is 29.2 Å². The van der Waals surface area contributed by atoms with Gasteiger partial charge in [0, 0.05) is 29.3 Å². The van der Waals surface area contributed by atoms with E-state index in [4.69, 9.17) is 0 Å². The molecular formula is C24H27FN2O. The van der Waals surface area contributed by atoms with Gasteiger partial charge in [-0.1, -0.05) is 44.2 Å². The molecule has 2 aliphatic rings. The molecule has 1 aliphatic heterocycles. The van der Waals surface area contributed by atoms with Crippen LogP contribution >= 0.6 is 0 Å². The predicted octanol–water partition coefficient (Wildman–Crippen LogP) is 4.94. The summed E-state index contributed by atoms with van der Waals surface area (Å²) in [5.74, 6) is 1.81. The summed E-state index contributed by atoms with van der Waals surface area (Å²) in [4.78, 5) is 16.8. The molecule has 146 valence electrons. The summed E-state index contributed by atoms with van der Waals surface area (Å²) in [5.41, 5.74) is 2.19. The quantitative estimate of drug-likeness (QED) is 0.822. The molecule has 4 rings (SSSR count). The molecule has 2 fully saturated rings. The standard InChI is InChI=1S/C24H27FN2O/c1-14-12-21-23(16(3)27-24(21)28)19(15(14)2)11-10-18-9-8-17(13-26-18)20-6-4-5-7-22(20)25/h4-11,13-16,19,21,23H,12H2,1-3H3,(H,27,28)/b11-10+/t14-,15+,16+,19-,21?,23-/m0/s1. The summed E-state index contributed by atoms with van der Waals surface area (Å²) < 4.78 is 14.0. The van der Waals surface area contributed by atoms with E-state index < -0.39 is 0 Å². The largest absolute Gasteiger partial charge is 0.353 e. The second-order valence-electron chi connectivity index (χ2n) is 8.44. The Morgan fingerprint density at radius 1 is 1.14 bits per heavy atom. The number of carbonyl (C=O) groups excluding carboxylic acids is 1. The van der Waals surface area contributed by atoms with Crippen molar-refractivity contribution in [3.05, 3.63) is 60.2 Å². The average molecular weight is 378 g/mol. The molecule has 28 heavy (non-hydrogen) atoms. The number of nitrogens with one attached hydrogen (secondary N) is 1. The third-order valence-electron chi connectivity index (χ3n) is 6.78. The van der Waals surface area contributed by atoms with Crippen molar-refractivity contribution in [2.75, 3.05) is 0 Å². The van der Waals surface area contributed by atoms with Crippen LogP contribution in [-0.2, 0) is 4.79 Å². The molecule has 2 aromatic rings. The Hall–Kier alpha value is -2.49. The Morgan fingerprint density at radius 3 is 2.64 bits per heavy atom. The van der Waals surface area contributed by atoms with Crippen LogP contribution in [0.4, 0.5) is 4.39 Å². The lowest BCUT2D eigenvalue weighted by Gasteiger charge is -2.41. The van der Waals surface area contributed by atoms with Crippen molar-refractivity contribution in [2.45, 2.75) is 33.2 Å². The third-order valence-corrected chi connectivity index (χ3v) is 6.78. The number of hydrogen-bond donors (Lipinski definition) is 1. The van der Waals surface area contributed by atoms with E-state index in [1.165, 1.54) is 6.07 Å². The molecule has 0 spiro atoms. The molecule has 4 heteroatoms. The first kappa shape index (κ1) is 18.9. The number of aromatic nitrogens is 1. The normalized spacial score (nSPS) is 32.4. The number of hydrogen-bond acceptors (Lipinski definition) is 2. The van der Waals surface area contributed by atoms with E-state index in [1.54, 1.807) is 18.3 Å². The van der Waals surface area contributed by atoms with Crippen molar-refractivity contribution in [3.63, 3.8) is 0 Å². The van der Waals surface area contributed by atoms with Gasteiger partial charge in [0.25, 0.3) is 0 Å². The molecule has 0 bridgehead atoms. The van der Waals surface area contributed by atoms with Gasteiger partial charge in [-0.3, -0.25) is 9.78 Å². The van der Waals surface area contributed by atoms with Crippen LogP contribution in [0.5, 0.6) is 0 Å². The van der Waals surface area contributed by atoms with Gasteiger partial charge in [0.1, 0.15) is 5.82 Å². The molecule has 2 heterocycles. The van der Waals surface area contributed by atoms with Crippen LogP contribution < -0.4 is 5.32 Å². The minimum Gasteiger partial charge on any atom is -0.353 e. The van der Waals surface area contributed by atoms with Crippen LogP contribution in [0.2, 0.25) is 0 Å². The van der Waals surface area contributed by atoms with Gasteiger partial charge in [-0.2, -0.15) is 0 Å². The van der Waals surface area contributed by atoms with Gasteiger partial charge in [0.2, 0.25) is 5.91 Å². The highest BCUT2D eigenvalue weighted by Gasteiger charge is 2.49. The predicted molar refractivity (Wildman–Crippen MR) is 110 cm³/mol. The van der Waals surface area contributed by atoms with Crippen molar-refractivity contribution in [1.29, 1.82) is 0 Å². The number of rotatable bonds is 3. The number of benzene rings is 1. The van der Waals surface area contributed by atoms with Crippen molar-refractivity contribution in [2.24, 2.45) is 29.6 Å². The van der Waals surface area contributed by atoms with Crippen LogP contribution in [0.1, 0.15) is 32.9 Å². The van der Waals surface area contributed by atoms with Gasteiger partial charge in [-0.05, 0) is 55.2 Å². The Kier molecular flexibility index (Phi) is 5.05. The second kappa shape index (κ2) is 7.50. The van der Waals surface area contributed by atoms with Crippen LogP contribution in [0.25, 0.3) is 17.2 Å². The first-order chi connectivity index (χ1) is 13.5. The summed E-state index contributed by atoms with van der Waals surface area (Å²) in [5, 5.41) is 3.13. The van der Waals surface area contributed by atoms with Gasteiger partial charge in [0.05, 0.1) is 5.69 Å². The van der Waals surface area contributed by atoms with Gasteiger partial charge in [-0.15, -0.1) is 0 Å². The fraction of sp³-hybridized carbons (Fsp3) is 0.417. The summed E-state index contributed by atoms with van der Waals surface area (Å²) in [6.45, 7) is 6.66. The van der Waals surface area contributed by atoms with Gasteiger partial charge in [-0.25, -0.2) is 4.39 Å². The summed E-state index contributed by atoms with van der Waals surface area (Å²) in [6.07, 6.45) is 6.98. The topological polar surface area (TPSA) is 42.0 Å². The Balaban J connectivity index is 1.56. The number of halogens is 1. The third kappa shape index (κ3) is 3.36. The molecule has 1 aromatic carbocycles. The highest BCUT2D eigenvalue weighted by atomic mass is 19.1. The van der Waals surface area contributed by atoms with Crippen molar-refractivity contribution in [1.82, 2.24) is 10.3 Å². The molecule has 1 saturated carbocycles. The molecule has 6 atom stereocenters. The second-order valence-corrected chi connectivity index (χ2v) is 8.44. The zero-order valence-electron chi connectivity index (χ0n) is 16.6. The first-order valence-corrected chi connectivity index (χ1v) is 10.1. The van der Waals surface area contributed by atoms with E-state index in [-0.39, 0.29) is 23.7 Å². The number of allylic oxidation sites excluding steroid dienone is 1. The number of nitrogens with zero attached hydrogens (tertiary/aromatic N) is 1. The molecule has 1 amide bonds. The monoisotopic (exact) mass is 378 g/mol. The Bertz CT molecular complexity index is 892. The molecule has 1 unspecified atom stereocenters. The Labute approximate surface area is 166 Å². The molecule has 0 radical (unpaired) electrons. The fourth-order valence-corrected chi connectivity index (χ4v) is 5.03. The molecule has 3 nitrogen and oxygen atoms in total. The summed E-state index contributed by atoms with van der Waals surface area (Å²) >= 11 is 0. The maximum absolute atomic E-state index is 14.0. The van der Waals surface area contributed by atoms with Crippen LogP contribution in [0.15, 0.2) is 48.7 Å². The molecule has 1 aliphatic carbocycles. The number of fused-ring (bicyclic) bond motifs is 1. The van der Waals surface area contributed by atoms with Gasteiger partial charge in [0.15, 0.2) is 0 Å². The lowest BCUT2D eigenvalue weighted by Crippen LogP contribution is -2.39. The summed E-state index contributed by atoms with van der Waals surface area (Å²) in [7, 11) is 0. The lowest BCUT2D eigenvalue weighted by molar-refractivity contribution is -0.124.